The number of aliphatic hydroxyl groups excluding tert-OH is 1. The minimum atomic E-state index is -0.890. The molecule has 0 aliphatic rings. The van der Waals surface area contributed by atoms with E-state index >= 15 is 0 Å². The number of aromatic nitrogens is 1. The fourth-order valence-corrected chi connectivity index (χ4v) is 2.57. The molecule has 24 heavy (non-hydrogen) atoms. The van der Waals surface area contributed by atoms with Crippen molar-refractivity contribution in [2.24, 2.45) is 0 Å². The lowest BCUT2D eigenvalue weighted by molar-refractivity contribution is 0.0917. The number of rotatable bonds is 5. The van der Waals surface area contributed by atoms with Crippen LogP contribution in [0, 0.1) is 5.82 Å². The Hall–Kier alpha value is -2.86. The average Bonchev–Trinajstić information content (AvgIpc) is 3.05. The molecule has 2 aromatic carbocycles. The van der Waals surface area contributed by atoms with Crippen molar-refractivity contribution in [1.82, 2.24) is 10.3 Å². The molecule has 3 aromatic rings. The van der Waals surface area contributed by atoms with E-state index in [0.29, 0.717) is 16.8 Å². The number of nitrogens with one attached hydrogen (secondary N) is 2. The van der Waals surface area contributed by atoms with Gasteiger partial charge < -0.3 is 20.1 Å². The molecule has 0 bridgehead atoms. The molecule has 0 aliphatic carbocycles. The summed E-state index contributed by atoms with van der Waals surface area (Å²) in [5.74, 6) is -0.294. The summed E-state index contributed by atoms with van der Waals surface area (Å²) in [6.07, 6.45) is 0.570. The van der Waals surface area contributed by atoms with Crippen LogP contribution in [0.5, 0.6) is 5.75 Å². The molecule has 0 radical (unpaired) electrons. The molecule has 1 heterocycles. The van der Waals surface area contributed by atoms with Crippen molar-refractivity contribution in [1.29, 1.82) is 0 Å². The smallest absolute Gasteiger partial charge is 0.253 e. The Balaban J connectivity index is 1.72. The highest BCUT2D eigenvalue weighted by molar-refractivity contribution is 6.06. The van der Waals surface area contributed by atoms with E-state index in [4.69, 9.17) is 4.74 Å². The van der Waals surface area contributed by atoms with Gasteiger partial charge in [0.2, 0.25) is 0 Å². The van der Waals surface area contributed by atoms with Crippen molar-refractivity contribution >= 4 is 16.8 Å². The molecule has 3 rings (SSSR count). The fraction of sp³-hybridized carbons (Fsp3) is 0.167. The number of fused-ring (bicyclic) bond motifs is 1. The van der Waals surface area contributed by atoms with E-state index in [1.807, 2.05) is 0 Å². The molecule has 6 heteroatoms. The number of halogens is 1. The third-order valence-electron chi connectivity index (χ3n) is 3.83. The Labute approximate surface area is 138 Å². The monoisotopic (exact) mass is 328 g/mol. The molecule has 0 spiro atoms. The fourth-order valence-electron chi connectivity index (χ4n) is 2.57. The Morgan fingerprint density at radius 2 is 2.12 bits per heavy atom. The number of carbonyl (C=O) groups excluding carboxylic acids is 1. The van der Waals surface area contributed by atoms with Crippen LogP contribution in [0.1, 0.15) is 22.0 Å². The van der Waals surface area contributed by atoms with E-state index in [1.54, 1.807) is 43.5 Å². The van der Waals surface area contributed by atoms with Gasteiger partial charge in [0.25, 0.3) is 5.91 Å². The number of aliphatic hydroxyl groups is 1. The maximum absolute atomic E-state index is 13.9. The van der Waals surface area contributed by atoms with Crippen molar-refractivity contribution in [3.8, 4) is 5.75 Å². The van der Waals surface area contributed by atoms with Gasteiger partial charge in [-0.2, -0.15) is 0 Å². The summed E-state index contributed by atoms with van der Waals surface area (Å²) >= 11 is 0. The number of hydrogen-bond donors (Lipinski definition) is 3. The standard InChI is InChI=1S/C18H17FN2O3/c1-24-12-5-2-4-11(8-12)16(22)10-21-18(23)13-9-20-15-7-3-6-14(19)17(13)15/h2-9,16,20,22H,10H2,1H3,(H,21,23). The molecule has 1 atom stereocenters. The first-order valence-electron chi connectivity index (χ1n) is 7.46. The first kappa shape index (κ1) is 16.0. The van der Waals surface area contributed by atoms with Gasteiger partial charge in [0.15, 0.2) is 0 Å². The maximum Gasteiger partial charge on any atom is 0.253 e. The first-order valence-corrected chi connectivity index (χ1v) is 7.46. The number of ether oxygens (including phenoxy) is 1. The second-order valence-corrected chi connectivity index (χ2v) is 5.37. The third kappa shape index (κ3) is 3.09. The minimum Gasteiger partial charge on any atom is -0.497 e. The van der Waals surface area contributed by atoms with Gasteiger partial charge in [-0.3, -0.25) is 4.79 Å². The molecule has 1 aromatic heterocycles. The molecule has 124 valence electrons. The van der Waals surface area contributed by atoms with E-state index in [0.717, 1.165) is 0 Å². The Morgan fingerprint density at radius 1 is 1.33 bits per heavy atom. The van der Waals surface area contributed by atoms with Gasteiger partial charge in [0, 0.05) is 23.6 Å². The van der Waals surface area contributed by atoms with E-state index in [9.17, 15) is 14.3 Å². The van der Waals surface area contributed by atoms with Crippen LogP contribution in [0.25, 0.3) is 10.9 Å². The van der Waals surface area contributed by atoms with Crippen molar-refractivity contribution in [2.75, 3.05) is 13.7 Å². The molecule has 5 nitrogen and oxygen atoms in total. The van der Waals surface area contributed by atoms with Gasteiger partial charge in [0.05, 0.1) is 18.8 Å². The Bertz CT molecular complexity index is 876. The van der Waals surface area contributed by atoms with Crippen molar-refractivity contribution < 1.29 is 19.0 Å². The lowest BCUT2D eigenvalue weighted by Gasteiger charge is -2.13. The van der Waals surface area contributed by atoms with Crippen molar-refractivity contribution in [3.63, 3.8) is 0 Å². The molecular formula is C18H17FN2O3. The summed E-state index contributed by atoms with van der Waals surface area (Å²) in [4.78, 5) is 15.2. The topological polar surface area (TPSA) is 74.3 Å². The van der Waals surface area contributed by atoms with Crippen molar-refractivity contribution in [3.05, 3.63) is 65.6 Å². The lowest BCUT2D eigenvalue weighted by Crippen LogP contribution is -2.28. The third-order valence-corrected chi connectivity index (χ3v) is 3.83. The number of carbonyl (C=O) groups is 1. The van der Waals surface area contributed by atoms with Gasteiger partial charge in [-0.1, -0.05) is 18.2 Å². The predicted molar refractivity (Wildman–Crippen MR) is 88.5 cm³/mol. The minimum absolute atomic E-state index is 0.00707. The van der Waals surface area contributed by atoms with Crippen LogP contribution in [-0.4, -0.2) is 29.7 Å². The second kappa shape index (κ2) is 6.72. The number of benzene rings is 2. The molecular weight excluding hydrogens is 311 g/mol. The van der Waals surface area contributed by atoms with Crippen LogP contribution in [0.3, 0.4) is 0 Å². The molecule has 0 fully saturated rings. The summed E-state index contributed by atoms with van der Waals surface area (Å²) in [5.41, 5.74) is 1.38. The van der Waals surface area contributed by atoms with Gasteiger partial charge >= 0.3 is 0 Å². The average molecular weight is 328 g/mol. The Kier molecular flexibility index (Phi) is 4.48. The molecule has 1 amide bonds. The summed E-state index contributed by atoms with van der Waals surface area (Å²) in [7, 11) is 1.54. The Morgan fingerprint density at radius 3 is 2.92 bits per heavy atom. The highest BCUT2D eigenvalue weighted by Gasteiger charge is 2.16. The van der Waals surface area contributed by atoms with Crippen LogP contribution in [0.15, 0.2) is 48.7 Å². The number of aromatic amines is 1. The number of methoxy groups -OCH3 is 1. The highest BCUT2D eigenvalue weighted by atomic mass is 19.1. The zero-order valence-electron chi connectivity index (χ0n) is 13.0. The lowest BCUT2D eigenvalue weighted by atomic mass is 10.1. The van der Waals surface area contributed by atoms with Gasteiger partial charge in [-0.25, -0.2) is 4.39 Å². The first-order chi connectivity index (χ1) is 11.6. The predicted octanol–water partition coefficient (Wildman–Crippen LogP) is 2.78. The van der Waals surface area contributed by atoms with Gasteiger partial charge in [-0.05, 0) is 29.8 Å². The van der Waals surface area contributed by atoms with Crippen LogP contribution in [0.4, 0.5) is 4.39 Å². The zero-order chi connectivity index (χ0) is 17.1. The molecule has 0 aliphatic heterocycles. The number of H-pyrrole nitrogens is 1. The van der Waals surface area contributed by atoms with Crippen molar-refractivity contribution in [2.45, 2.75) is 6.10 Å². The maximum atomic E-state index is 13.9. The summed E-state index contributed by atoms with van der Waals surface area (Å²) in [6.45, 7) is 0.00707. The summed E-state index contributed by atoms with van der Waals surface area (Å²) in [6, 6.07) is 11.5. The van der Waals surface area contributed by atoms with Gasteiger partial charge in [-0.15, -0.1) is 0 Å². The van der Waals surface area contributed by atoms with Crippen LogP contribution >= 0.6 is 0 Å². The summed E-state index contributed by atoms with van der Waals surface area (Å²) in [5, 5.41) is 13.1. The number of hydrogen-bond acceptors (Lipinski definition) is 3. The largest absolute Gasteiger partial charge is 0.497 e. The van der Waals surface area contributed by atoms with E-state index < -0.39 is 17.8 Å². The van der Waals surface area contributed by atoms with Crippen LogP contribution in [-0.2, 0) is 0 Å². The van der Waals surface area contributed by atoms with E-state index in [1.165, 1.54) is 12.3 Å². The number of amides is 1. The molecule has 0 saturated heterocycles. The normalized spacial score (nSPS) is 12.1. The SMILES string of the molecule is COc1cccc(C(O)CNC(=O)c2c[nH]c3cccc(F)c23)c1. The highest BCUT2D eigenvalue weighted by Crippen LogP contribution is 2.22. The van der Waals surface area contributed by atoms with Crippen LogP contribution < -0.4 is 10.1 Å². The zero-order valence-corrected chi connectivity index (χ0v) is 13.0. The van der Waals surface area contributed by atoms with E-state index in [-0.39, 0.29) is 17.5 Å². The quantitative estimate of drug-likeness (QED) is 0.674. The molecule has 0 saturated carbocycles. The molecule has 1 unspecified atom stereocenters. The second-order valence-electron chi connectivity index (χ2n) is 5.37. The van der Waals surface area contributed by atoms with E-state index in [2.05, 4.69) is 10.3 Å². The van der Waals surface area contributed by atoms with Gasteiger partial charge in [0.1, 0.15) is 11.6 Å². The van der Waals surface area contributed by atoms with Crippen LogP contribution in [0.2, 0.25) is 0 Å². The molecule has 3 N–H and O–H groups in total. The summed E-state index contributed by atoms with van der Waals surface area (Å²) < 4.78 is 19.0.